The summed E-state index contributed by atoms with van der Waals surface area (Å²) in [5.74, 6) is -2.02. The van der Waals surface area contributed by atoms with Gasteiger partial charge in [0.1, 0.15) is 50.0 Å². The van der Waals surface area contributed by atoms with E-state index < -0.39 is 99.0 Å². The second-order valence-corrected chi connectivity index (χ2v) is 37.4. The minimum absolute atomic E-state index is 0.00285. The summed E-state index contributed by atoms with van der Waals surface area (Å²) in [7, 11) is -3.13. The van der Waals surface area contributed by atoms with Gasteiger partial charge in [-0.3, -0.25) is 10.1 Å². The lowest BCUT2D eigenvalue weighted by Gasteiger charge is -2.49. The van der Waals surface area contributed by atoms with Crippen molar-refractivity contribution in [3.05, 3.63) is 108 Å². The average molecular weight is 1160 g/mol. The number of hydrogen-bond acceptors (Lipinski definition) is 19. The topological polar surface area (TPSA) is 247 Å². The molecule has 0 radical (unpaired) electrons. The Kier molecular flexibility index (Phi) is 18.0. The Morgan fingerprint density at radius 3 is 1.94 bits per heavy atom. The van der Waals surface area contributed by atoms with Gasteiger partial charge in [0.15, 0.2) is 17.1 Å². The summed E-state index contributed by atoms with van der Waals surface area (Å²) in [4.78, 5) is 97.8. The van der Waals surface area contributed by atoms with Crippen molar-refractivity contribution in [3.63, 3.8) is 0 Å². The summed E-state index contributed by atoms with van der Waals surface area (Å²) in [6.07, 6.45) is -3.87. The van der Waals surface area contributed by atoms with Gasteiger partial charge >= 0.3 is 30.2 Å². The van der Waals surface area contributed by atoms with Crippen molar-refractivity contribution in [3.8, 4) is 11.1 Å². The fourth-order valence-corrected chi connectivity index (χ4v) is 13.0. The van der Waals surface area contributed by atoms with Gasteiger partial charge in [-0.15, -0.1) is 34.0 Å². The predicted molar refractivity (Wildman–Crippen MR) is 303 cm³/mol. The number of alkyl carbamates (subject to hydrolysis) is 1. The molecule has 6 atom stereocenters. The number of benzene rings is 2. The molecule has 0 aliphatic carbocycles. The van der Waals surface area contributed by atoms with Crippen LogP contribution in [0.2, 0.25) is 51.4 Å². The van der Waals surface area contributed by atoms with Crippen LogP contribution < -0.4 is 16.0 Å². The standard InChI is InChI=1S/C54H71N7O12S3Si2/c1-32(55-48(65)72-52(6,7)36-21-19-35(20-22-36)34-17-15-14-16-18-34)42(62)60-53(46-57-38(30-75-46)44(63)69-25-27-77(8,9)10)23-24-54(68,47-58-39(31-76-47)45(64)70-26-28-78(11,12)13)59-41(53)37-29-74-43(56-37)40-33(2)71-49(66)61(40)50(67)73-51(3,4)5/h14-22,29-33,40-41,59,68H,23-28H2,1-13H3,(H,55,65)(H,60,62)/t32-,33+,40-,41+,53+,54-/m0/s1. The fraction of sp³-hybridized carbons (Fsp3) is 0.500. The highest BCUT2D eigenvalue weighted by molar-refractivity contribution is 7.10. The van der Waals surface area contributed by atoms with Gasteiger partial charge < -0.3 is 39.4 Å². The van der Waals surface area contributed by atoms with Crippen LogP contribution in [-0.2, 0) is 45.3 Å². The van der Waals surface area contributed by atoms with Crippen LogP contribution in [0.1, 0.15) is 121 Å². The number of hydrogen-bond donors (Lipinski definition) is 4. The SMILES string of the molecule is C[C@H](NC(=O)OC(C)(C)c1ccc(-c2ccccc2)cc1)C(=O)N[C@]1(c2nc(C(=O)OCC[Si](C)(C)C)cs2)CC[C@](O)(c2nc(C(=O)OCC[Si](C)(C)C)cs2)N[C@@H]1c1csc([C@@H]2[C@@H](C)OC(=O)N2C(=O)OC(C)(C)C)n1. The van der Waals surface area contributed by atoms with E-state index in [9.17, 15) is 33.9 Å². The lowest BCUT2D eigenvalue weighted by atomic mass is 9.77. The summed E-state index contributed by atoms with van der Waals surface area (Å²) in [6.45, 7) is 25.0. The number of imide groups is 1. The summed E-state index contributed by atoms with van der Waals surface area (Å²) in [5, 5.41) is 27.2. The van der Waals surface area contributed by atoms with Crippen LogP contribution in [0.3, 0.4) is 0 Å². The summed E-state index contributed by atoms with van der Waals surface area (Å²) in [5.41, 5.74) is -2.84. The van der Waals surface area contributed by atoms with Gasteiger partial charge in [-0.1, -0.05) is 93.9 Å². The average Bonchev–Trinajstić information content (AvgIpc) is 4.21. The Labute approximate surface area is 469 Å². The van der Waals surface area contributed by atoms with Crippen molar-refractivity contribution in [1.29, 1.82) is 0 Å². The summed E-state index contributed by atoms with van der Waals surface area (Å²) >= 11 is 3.19. The Balaban J connectivity index is 1.25. The normalized spacial score (nSPS) is 21.3. The maximum Gasteiger partial charge on any atom is 0.420 e. The zero-order valence-corrected chi connectivity index (χ0v) is 50.9. The van der Waals surface area contributed by atoms with Gasteiger partial charge in [-0.25, -0.2) is 38.9 Å². The highest BCUT2D eigenvalue weighted by Gasteiger charge is 2.56. The molecule has 2 saturated heterocycles. The van der Waals surface area contributed by atoms with Gasteiger partial charge in [0.2, 0.25) is 5.91 Å². The first-order chi connectivity index (χ1) is 36.4. The van der Waals surface area contributed by atoms with Crippen molar-refractivity contribution in [2.75, 3.05) is 13.2 Å². The van der Waals surface area contributed by atoms with E-state index in [1.54, 1.807) is 46.9 Å². The van der Waals surface area contributed by atoms with E-state index in [0.29, 0.717) is 11.6 Å². The third-order valence-corrected chi connectivity index (χ3v) is 19.4. The van der Waals surface area contributed by atoms with Crippen LogP contribution in [0, 0.1) is 0 Å². The first-order valence-corrected chi connectivity index (χ1v) is 35.8. The molecule has 3 aromatic heterocycles. The molecule has 0 saturated carbocycles. The van der Waals surface area contributed by atoms with Crippen molar-refractivity contribution in [2.24, 2.45) is 0 Å². The zero-order valence-electron chi connectivity index (χ0n) is 46.4. The fourth-order valence-electron chi connectivity index (χ4n) is 8.62. The lowest BCUT2D eigenvalue weighted by Crippen LogP contribution is -2.64. The number of nitrogens with zero attached hydrogens (tertiary/aromatic N) is 4. The molecule has 7 rings (SSSR count). The van der Waals surface area contributed by atoms with Crippen LogP contribution >= 0.6 is 34.0 Å². The van der Waals surface area contributed by atoms with E-state index in [-0.39, 0.29) is 58.2 Å². The smallest absolute Gasteiger partial charge is 0.420 e. The number of ether oxygens (including phenoxy) is 5. The molecule has 0 unspecified atom stereocenters. The molecule has 2 aliphatic rings. The molecule has 5 aromatic rings. The number of cyclic esters (lactones) is 1. The summed E-state index contributed by atoms with van der Waals surface area (Å²) < 4.78 is 28.4. The number of aliphatic hydroxyl groups is 1. The number of rotatable bonds is 18. The van der Waals surface area contributed by atoms with Crippen molar-refractivity contribution >= 4 is 86.3 Å². The molecular weight excluding hydrogens is 1090 g/mol. The molecule has 78 heavy (non-hydrogen) atoms. The first kappa shape index (κ1) is 59.8. The van der Waals surface area contributed by atoms with Crippen molar-refractivity contribution in [2.45, 2.75) is 159 Å². The third-order valence-electron chi connectivity index (χ3n) is 13.1. The van der Waals surface area contributed by atoms with Crippen LogP contribution in [0.5, 0.6) is 0 Å². The molecule has 5 heterocycles. The second kappa shape index (κ2) is 23.4. The van der Waals surface area contributed by atoms with Gasteiger partial charge in [0, 0.05) is 32.3 Å². The number of thiazole rings is 3. The third kappa shape index (κ3) is 14.5. The maximum absolute atomic E-state index is 14.9. The molecule has 4 N–H and O–H groups in total. The van der Waals surface area contributed by atoms with E-state index >= 15 is 0 Å². The Morgan fingerprint density at radius 2 is 1.36 bits per heavy atom. The van der Waals surface area contributed by atoms with E-state index in [1.807, 2.05) is 54.6 Å². The summed E-state index contributed by atoms with van der Waals surface area (Å²) in [6, 6.07) is 15.4. The molecule has 24 heteroatoms. The number of amides is 4. The first-order valence-electron chi connectivity index (χ1n) is 25.8. The van der Waals surface area contributed by atoms with E-state index in [4.69, 9.17) is 33.7 Å². The van der Waals surface area contributed by atoms with E-state index in [2.05, 4.69) is 60.2 Å². The van der Waals surface area contributed by atoms with Crippen LogP contribution in [0.4, 0.5) is 14.4 Å². The quantitative estimate of drug-likeness (QED) is 0.0362. The Hall–Kier alpha value is -5.90. The number of carbonyl (C=O) groups excluding carboxylic acids is 6. The largest absolute Gasteiger partial charge is 0.461 e. The van der Waals surface area contributed by atoms with E-state index in [0.717, 1.165) is 56.1 Å². The highest BCUT2D eigenvalue weighted by atomic mass is 32.1. The molecular formula is C54H71N7O12S3Si2. The van der Waals surface area contributed by atoms with Gasteiger partial charge in [0.05, 0.1) is 24.9 Å². The predicted octanol–water partition coefficient (Wildman–Crippen LogP) is 10.9. The Morgan fingerprint density at radius 1 is 0.795 bits per heavy atom. The number of piperidine rings is 1. The van der Waals surface area contributed by atoms with Crippen LogP contribution in [0.25, 0.3) is 11.1 Å². The zero-order chi connectivity index (χ0) is 57.2. The van der Waals surface area contributed by atoms with Gasteiger partial charge in [-0.05, 0) is 90.1 Å². The van der Waals surface area contributed by atoms with Crippen LogP contribution in [-0.4, -0.2) is 108 Å². The second-order valence-electron chi connectivity index (χ2n) is 23.6. The number of nitrogens with one attached hydrogen (secondary N) is 3. The number of aromatic nitrogens is 3. The van der Waals surface area contributed by atoms with Gasteiger partial charge in [-0.2, -0.15) is 4.90 Å². The highest BCUT2D eigenvalue weighted by Crippen LogP contribution is 2.50. The molecule has 420 valence electrons. The monoisotopic (exact) mass is 1160 g/mol. The number of esters is 2. The maximum atomic E-state index is 14.9. The Bertz CT molecular complexity index is 2990. The van der Waals surface area contributed by atoms with Crippen molar-refractivity contribution < 1.29 is 57.6 Å². The molecule has 2 fully saturated rings. The number of carbonyl (C=O) groups is 6. The minimum atomic E-state index is -1.99. The molecule has 4 amide bonds. The molecule has 19 nitrogen and oxygen atoms in total. The van der Waals surface area contributed by atoms with Crippen molar-refractivity contribution in [1.82, 2.24) is 35.8 Å². The molecule has 0 spiro atoms. The van der Waals surface area contributed by atoms with E-state index in [1.165, 1.54) is 17.7 Å². The molecule has 2 aromatic carbocycles. The van der Waals surface area contributed by atoms with Gasteiger partial charge in [0.25, 0.3) is 0 Å². The minimum Gasteiger partial charge on any atom is -0.461 e. The molecule has 0 bridgehead atoms. The molecule has 2 aliphatic heterocycles. The van der Waals surface area contributed by atoms with Crippen LogP contribution in [0.15, 0.2) is 70.7 Å². The lowest BCUT2D eigenvalue weighted by molar-refractivity contribution is -0.129.